The number of carbonyl (C=O) groups is 1. The molecular weight excluding hydrogens is 204 g/mol. The molecule has 0 aliphatic carbocycles. The van der Waals surface area contributed by atoms with Crippen LogP contribution in [0.2, 0.25) is 0 Å². The quantitative estimate of drug-likeness (QED) is 0.798. The molecule has 1 rings (SSSR count). The Labute approximate surface area is 95.7 Å². The van der Waals surface area contributed by atoms with Crippen LogP contribution < -0.4 is 10.6 Å². The molecule has 2 N–H and O–H groups in total. The first kappa shape index (κ1) is 12.4. The minimum absolute atomic E-state index is 0.0368. The van der Waals surface area contributed by atoms with Gasteiger partial charge >= 0.3 is 0 Å². The van der Waals surface area contributed by atoms with Crippen molar-refractivity contribution in [2.45, 2.75) is 33.7 Å². The number of hydrogen-bond donors (Lipinski definition) is 2. The van der Waals surface area contributed by atoms with Gasteiger partial charge in [0.2, 0.25) is 5.91 Å². The maximum absolute atomic E-state index is 11.5. The SMILES string of the molecule is CCNC(=O)C(C)Nc1nc(C)cnc1C. The maximum atomic E-state index is 11.5. The number of nitrogens with zero attached hydrogens (tertiary/aromatic N) is 2. The van der Waals surface area contributed by atoms with Crippen LogP contribution in [0.4, 0.5) is 5.82 Å². The number of carbonyl (C=O) groups excluding carboxylic acids is 1. The lowest BCUT2D eigenvalue weighted by Crippen LogP contribution is -2.37. The average molecular weight is 222 g/mol. The predicted molar refractivity (Wildman–Crippen MR) is 63.3 cm³/mol. The molecule has 0 spiro atoms. The smallest absolute Gasteiger partial charge is 0.242 e. The third-order valence-corrected chi connectivity index (χ3v) is 2.17. The number of amides is 1. The molecule has 1 aromatic heterocycles. The molecule has 0 aliphatic heterocycles. The zero-order valence-corrected chi connectivity index (χ0v) is 10.2. The summed E-state index contributed by atoms with van der Waals surface area (Å²) in [7, 11) is 0. The Kier molecular flexibility index (Phi) is 4.22. The van der Waals surface area contributed by atoms with Gasteiger partial charge in [0.1, 0.15) is 11.9 Å². The molecule has 88 valence electrons. The first-order chi connectivity index (χ1) is 7.54. The molecule has 0 fully saturated rings. The van der Waals surface area contributed by atoms with Crippen LogP contribution in [0.5, 0.6) is 0 Å². The minimum Gasteiger partial charge on any atom is -0.357 e. The van der Waals surface area contributed by atoms with Gasteiger partial charge in [-0.25, -0.2) is 4.98 Å². The van der Waals surface area contributed by atoms with E-state index in [4.69, 9.17) is 0 Å². The summed E-state index contributed by atoms with van der Waals surface area (Å²) in [6.45, 7) is 8.05. The van der Waals surface area contributed by atoms with Gasteiger partial charge in [-0.1, -0.05) is 0 Å². The third-order valence-electron chi connectivity index (χ3n) is 2.17. The van der Waals surface area contributed by atoms with Crippen LogP contribution in [-0.4, -0.2) is 28.5 Å². The molecule has 1 heterocycles. The molecule has 1 unspecified atom stereocenters. The first-order valence-corrected chi connectivity index (χ1v) is 5.39. The number of aryl methyl sites for hydroxylation is 2. The van der Waals surface area contributed by atoms with Crippen LogP contribution in [-0.2, 0) is 4.79 Å². The minimum atomic E-state index is -0.310. The summed E-state index contributed by atoms with van der Waals surface area (Å²) >= 11 is 0. The van der Waals surface area contributed by atoms with Crippen LogP contribution in [0.3, 0.4) is 0 Å². The molecule has 5 heteroatoms. The van der Waals surface area contributed by atoms with Crippen LogP contribution in [0.25, 0.3) is 0 Å². The molecular formula is C11H18N4O. The largest absolute Gasteiger partial charge is 0.357 e. The van der Waals surface area contributed by atoms with E-state index in [1.807, 2.05) is 20.8 Å². The van der Waals surface area contributed by atoms with Crippen molar-refractivity contribution < 1.29 is 4.79 Å². The summed E-state index contributed by atoms with van der Waals surface area (Å²) in [5.41, 5.74) is 1.62. The average Bonchev–Trinajstić information content (AvgIpc) is 2.23. The third kappa shape index (κ3) is 3.18. The Morgan fingerprint density at radius 3 is 2.81 bits per heavy atom. The molecule has 0 bridgehead atoms. The van der Waals surface area contributed by atoms with Crippen molar-refractivity contribution in [2.75, 3.05) is 11.9 Å². The summed E-state index contributed by atoms with van der Waals surface area (Å²) in [6, 6.07) is -0.310. The van der Waals surface area contributed by atoms with E-state index in [-0.39, 0.29) is 11.9 Å². The highest BCUT2D eigenvalue weighted by Gasteiger charge is 2.13. The van der Waals surface area contributed by atoms with E-state index in [9.17, 15) is 4.79 Å². The van der Waals surface area contributed by atoms with Crippen molar-refractivity contribution in [3.8, 4) is 0 Å². The van der Waals surface area contributed by atoms with Crippen LogP contribution in [0, 0.1) is 13.8 Å². The van der Waals surface area contributed by atoms with Crippen molar-refractivity contribution in [2.24, 2.45) is 0 Å². The number of hydrogen-bond acceptors (Lipinski definition) is 4. The van der Waals surface area contributed by atoms with Crippen LogP contribution in [0.1, 0.15) is 25.2 Å². The number of nitrogens with one attached hydrogen (secondary N) is 2. The van der Waals surface area contributed by atoms with Gasteiger partial charge in [0.25, 0.3) is 0 Å². The Bertz CT molecular complexity index is 378. The Morgan fingerprint density at radius 1 is 1.50 bits per heavy atom. The second kappa shape index (κ2) is 5.44. The van der Waals surface area contributed by atoms with Gasteiger partial charge in [0.05, 0.1) is 11.4 Å². The molecule has 0 saturated carbocycles. The molecule has 0 aliphatic rings. The number of aromatic nitrogens is 2. The molecule has 1 amide bonds. The van der Waals surface area contributed by atoms with Crippen molar-refractivity contribution >= 4 is 11.7 Å². The van der Waals surface area contributed by atoms with E-state index in [0.29, 0.717) is 12.4 Å². The number of likely N-dealkylation sites (N-methyl/N-ethyl adjacent to an activating group) is 1. The van der Waals surface area contributed by atoms with E-state index in [1.165, 1.54) is 0 Å². The van der Waals surface area contributed by atoms with E-state index >= 15 is 0 Å². The molecule has 0 radical (unpaired) electrons. The van der Waals surface area contributed by atoms with Gasteiger partial charge in [0, 0.05) is 12.7 Å². The van der Waals surface area contributed by atoms with Gasteiger partial charge < -0.3 is 10.6 Å². The van der Waals surface area contributed by atoms with Gasteiger partial charge in [-0.05, 0) is 27.7 Å². The highest BCUT2D eigenvalue weighted by atomic mass is 16.2. The highest BCUT2D eigenvalue weighted by Crippen LogP contribution is 2.09. The second-order valence-corrected chi connectivity index (χ2v) is 3.71. The van der Waals surface area contributed by atoms with E-state index in [0.717, 1.165) is 11.4 Å². The Balaban J connectivity index is 2.72. The van der Waals surface area contributed by atoms with Gasteiger partial charge in [-0.2, -0.15) is 0 Å². The Hall–Kier alpha value is -1.65. The number of anilines is 1. The van der Waals surface area contributed by atoms with Crippen LogP contribution in [0.15, 0.2) is 6.20 Å². The molecule has 1 atom stereocenters. The van der Waals surface area contributed by atoms with E-state index in [1.54, 1.807) is 13.1 Å². The molecule has 0 saturated heterocycles. The highest BCUT2D eigenvalue weighted by molar-refractivity contribution is 5.83. The lowest BCUT2D eigenvalue weighted by atomic mass is 10.3. The summed E-state index contributed by atoms with van der Waals surface area (Å²) in [5.74, 6) is 0.629. The van der Waals surface area contributed by atoms with Crippen LogP contribution >= 0.6 is 0 Å². The second-order valence-electron chi connectivity index (χ2n) is 3.71. The van der Waals surface area contributed by atoms with E-state index < -0.39 is 0 Å². The zero-order valence-electron chi connectivity index (χ0n) is 10.2. The molecule has 1 aromatic rings. The monoisotopic (exact) mass is 222 g/mol. The molecule has 5 nitrogen and oxygen atoms in total. The van der Waals surface area contributed by atoms with Crippen molar-refractivity contribution in [3.05, 3.63) is 17.6 Å². The Morgan fingerprint density at radius 2 is 2.19 bits per heavy atom. The van der Waals surface area contributed by atoms with Crippen molar-refractivity contribution in [1.82, 2.24) is 15.3 Å². The predicted octanol–water partition coefficient (Wildman–Crippen LogP) is 1.03. The summed E-state index contributed by atoms with van der Waals surface area (Å²) in [6.07, 6.45) is 1.71. The fraction of sp³-hybridized carbons (Fsp3) is 0.545. The van der Waals surface area contributed by atoms with Gasteiger partial charge in [-0.3, -0.25) is 9.78 Å². The molecule has 0 aromatic carbocycles. The standard InChI is InChI=1S/C11H18N4O/c1-5-12-11(16)9(4)15-10-8(3)13-6-7(2)14-10/h6,9H,5H2,1-4H3,(H,12,16)(H,14,15). The fourth-order valence-electron chi connectivity index (χ4n) is 1.27. The zero-order chi connectivity index (χ0) is 12.1. The van der Waals surface area contributed by atoms with Crippen molar-refractivity contribution in [3.63, 3.8) is 0 Å². The summed E-state index contributed by atoms with van der Waals surface area (Å²) in [4.78, 5) is 20.0. The first-order valence-electron chi connectivity index (χ1n) is 5.39. The maximum Gasteiger partial charge on any atom is 0.242 e. The lowest BCUT2D eigenvalue weighted by molar-refractivity contribution is -0.121. The van der Waals surface area contributed by atoms with Gasteiger partial charge in [0.15, 0.2) is 0 Å². The van der Waals surface area contributed by atoms with Crippen molar-refractivity contribution in [1.29, 1.82) is 0 Å². The topological polar surface area (TPSA) is 66.9 Å². The van der Waals surface area contributed by atoms with Gasteiger partial charge in [-0.15, -0.1) is 0 Å². The lowest BCUT2D eigenvalue weighted by Gasteiger charge is -2.15. The summed E-state index contributed by atoms with van der Waals surface area (Å²) in [5, 5.41) is 5.80. The summed E-state index contributed by atoms with van der Waals surface area (Å²) < 4.78 is 0. The van der Waals surface area contributed by atoms with E-state index in [2.05, 4.69) is 20.6 Å². The fourth-order valence-corrected chi connectivity index (χ4v) is 1.27. The normalized spacial score (nSPS) is 12.0. The number of rotatable bonds is 4. The molecule has 16 heavy (non-hydrogen) atoms.